The van der Waals surface area contributed by atoms with Crippen LogP contribution in [0.4, 0.5) is 0 Å². The highest BCUT2D eigenvalue weighted by molar-refractivity contribution is 5.16. The van der Waals surface area contributed by atoms with Crippen molar-refractivity contribution in [3.05, 3.63) is 144 Å². The Bertz CT molecular complexity index is 1570. The van der Waals surface area contributed by atoms with Crippen LogP contribution < -0.4 is 0 Å². The summed E-state index contributed by atoms with van der Waals surface area (Å²) in [5.41, 5.74) is 3.76. The first-order valence-electron chi connectivity index (χ1n) is 17.6. The second kappa shape index (κ2) is 19.5. The molecule has 2 heterocycles. The van der Waals surface area contributed by atoms with E-state index in [1.165, 1.54) is 7.11 Å². The summed E-state index contributed by atoms with van der Waals surface area (Å²) in [6.45, 7) is 1.07. The predicted octanol–water partition coefficient (Wildman–Crippen LogP) is 4.15. The molecule has 4 aromatic carbocycles. The van der Waals surface area contributed by atoms with E-state index in [-0.39, 0.29) is 33.0 Å². The Morgan fingerprint density at radius 2 is 0.865 bits per heavy atom. The lowest BCUT2D eigenvalue weighted by Gasteiger charge is -2.47. The molecule has 52 heavy (non-hydrogen) atoms. The summed E-state index contributed by atoms with van der Waals surface area (Å²) in [6, 6.07) is 38.7. The van der Waals surface area contributed by atoms with Gasteiger partial charge in [0.1, 0.15) is 48.8 Å². The van der Waals surface area contributed by atoms with Crippen molar-refractivity contribution in [2.75, 3.05) is 20.3 Å². The zero-order valence-corrected chi connectivity index (χ0v) is 29.2. The number of aliphatic hydroxyl groups is 3. The zero-order chi connectivity index (χ0) is 36.1. The van der Waals surface area contributed by atoms with Crippen LogP contribution in [-0.2, 0) is 64.3 Å². The van der Waals surface area contributed by atoms with E-state index in [9.17, 15) is 15.3 Å². The fourth-order valence-corrected chi connectivity index (χ4v) is 6.36. The van der Waals surface area contributed by atoms with Crippen LogP contribution in [0.2, 0.25) is 0 Å². The summed E-state index contributed by atoms with van der Waals surface area (Å²) >= 11 is 0. The van der Waals surface area contributed by atoms with E-state index in [1.54, 1.807) is 0 Å². The van der Waals surface area contributed by atoms with Crippen LogP contribution in [0.15, 0.2) is 121 Å². The van der Waals surface area contributed by atoms with Gasteiger partial charge in [0.15, 0.2) is 12.6 Å². The van der Waals surface area contributed by atoms with Crippen LogP contribution in [0.5, 0.6) is 0 Å². The number of hydrogen-bond donors (Lipinski definition) is 3. The molecule has 2 saturated heterocycles. The Balaban J connectivity index is 1.24. The van der Waals surface area contributed by atoms with E-state index in [4.69, 9.17) is 37.9 Å². The number of aliphatic hydroxyl groups excluding tert-OH is 3. The lowest BCUT2D eigenvalue weighted by molar-refractivity contribution is -0.364. The van der Waals surface area contributed by atoms with E-state index in [0.717, 1.165) is 22.3 Å². The number of hydrogen-bond acceptors (Lipinski definition) is 11. The largest absolute Gasteiger partial charge is 0.387 e. The molecule has 0 aromatic heterocycles. The van der Waals surface area contributed by atoms with E-state index in [1.807, 2.05) is 121 Å². The molecule has 6 rings (SSSR count). The smallest absolute Gasteiger partial charge is 0.187 e. The normalized spacial score (nSPS) is 29.2. The standard InChI is InChI=1S/C41H48O11/c1-45-40-35(43)34(42)37(32(50-40)26-46-22-28-14-6-2-7-15-28)52-41-36(44)39(49-25-31-20-12-5-13-21-31)38(48-24-30-18-10-4-11-19-30)33(51-41)27-47-23-29-16-8-3-9-17-29/h2-21,32-44H,22-27H2,1H3/t32?,33?,34?,35?,36?,37-,38-,39?,40+,41-/m1/s1. The van der Waals surface area contributed by atoms with Gasteiger partial charge in [0.2, 0.25) is 0 Å². The Morgan fingerprint density at radius 1 is 0.462 bits per heavy atom. The van der Waals surface area contributed by atoms with Crippen molar-refractivity contribution in [2.24, 2.45) is 0 Å². The summed E-state index contributed by atoms with van der Waals surface area (Å²) in [6.07, 6.45) is -11.3. The van der Waals surface area contributed by atoms with Gasteiger partial charge in [-0.3, -0.25) is 0 Å². The minimum Gasteiger partial charge on any atom is -0.387 e. The van der Waals surface area contributed by atoms with Crippen molar-refractivity contribution < 1.29 is 53.2 Å². The van der Waals surface area contributed by atoms with E-state index >= 15 is 0 Å². The molecule has 2 fully saturated rings. The fraction of sp³-hybridized carbons (Fsp3) is 0.415. The monoisotopic (exact) mass is 716 g/mol. The van der Waals surface area contributed by atoms with E-state index in [2.05, 4.69) is 0 Å². The minimum absolute atomic E-state index is 0.00756. The molecule has 11 nitrogen and oxygen atoms in total. The van der Waals surface area contributed by atoms with Crippen LogP contribution in [0.3, 0.4) is 0 Å². The van der Waals surface area contributed by atoms with Gasteiger partial charge < -0.3 is 53.2 Å². The van der Waals surface area contributed by atoms with Gasteiger partial charge in [0, 0.05) is 7.11 Å². The third kappa shape index (κ3) is 10.3. The summed E-state index contributed by atoms with van der Waals surface area (Å²) in [7, 11) is 1.38. The Hall–Kier alpha value is -3.56. The third-order valence-corrected chi connectivity index (χ3v) is 9.14. The maximum atomic E-state index is 12.0. The third-order valence-electron chi connectivity index (χ3n) is 9.14. The highest BCUT2D eigenvalue weighted by atomic mass is 16.7. The van der Waals surface area contributed by atoms with Crippen LogP contribution in [0.1, 0.15) is 22.3 Å². The van der Waals surface area contributed by atoms with Crippen LogP contribution in [0, 0.1) is 0 Å². The average Bonchev–Trinajstić information content (AvgIpc) is 3.19. The first-order chi connectivity index (χ1) is 25.5. The van der Waals surface area contributed by atoms with Gasteiger partial charge in [-0.2, -0.15) is 0 Å². The first kappa shape index (κ1) is 38.2. The van der Waals surface area contributed by atoms with Crippen molar-refractivity contribution in [3.63, 3.8) is 0 Å². The molecule has 0 amide bonds. The Labute approximate surface area is 304 Å². The molecule has 3 N–H and O–H groups in total. The summed E-state index contributed by atoms with van der Waals surface area (Å²) < 4.78 is 49.3. The quantitative estimate of drug-likeness (QED) is 0.146. The molecule has 11 heteroatoms. The molecule has 0 spiro atoms. The zero-order valence-electron chi connectivity index (χ0n) is 29.2. The molecular weight excluding hydrogens is 668 g/mol. The van der Waals surface area contributed by atoms with Gasteiger partial charge in [-0.1, -0.05) is 121 Å². The van der Waals surface area contributed by atoms with Crippen LogP contribution in [-0.4, -0.2) is 97.1 Å². The topological polar surface area (TPSA) is 135 Å². The maximum Gasteiger partial charge on any atom is 0.187 e. The molecule has 0 radical (unpaired) electrons. The lowest BCUT2D eigenvalue weighted by Crippen LogP contribution is -2.65. The van der Waals surface area contributed by atoms with Crippen molar-refractivity contribution in [1.82, 2.24) is 0 Å². The number of methoxy groups -OCH3 is 1. The average molecular weight is 717 g/mol. The minimum atomic E-state index is -1.47. The molecular formula is C41H48O11. The molecule has 6 unspecified atom stereocenters. The highest BCUT2D eigenvalue weighted by Crippen LogP contribution is 2.33. The van der Waals surface area contributed by atoms with E-state index < -0.39 is 61.4 Å². The van der Waals surface area contributed by atoms with Gasteiger partial charge in [-0.15, -0.1) is 0 Å². The van der Waals surface area contributed by atoms with Crippen molar-refractivity contribution in [3.8, 4) is 0 Å². The molecule has 278 valence electrons. The van der Waals surface area contributed by atoms with Gasteiger partial charge >= 0.3 is 0 Å². The second-order valence-corrected chi connectivity index (χ2v) is 12.9. The Morgan fingerprint density at radius 3 is 1.33 bits per heavy atom. The Kier molecular flexibility index (Phi) is 14.3. The molecule has 0 saturated carbocycles. The molecule has 0 aliphatic carbocycles. The number of rotatable bonds is 17. The van der Waals surface area contributed by atoms with Gasteiger partial charge in [-0.05, 0) is 22.3 Å². The molecule has 0 bridgehead atoms. The van der Waals surface area contributed by atoms with Crippen molar-refractivity contribution in [2.45, 2.75) is 87.8 Å². The van der Waals surface area contributed by atoms with E-state index in [0.29, 0.717) is 6.61 Å². The fourth-order valence-electron chi connectivity index (χ4n) is 6.36. The second-order valence-electron chi connectivity index (χ2n) is 12.9. The van der Waals surface area contributed by atoms with Gasteiger partial charge in [-0.25, -0.2) is 0 Å². The van der Waals surface area contributed by atoms with Gasteiger partial charge in [0.05, 0.1) is 39.6 Å². The molecule has 2 aliphatic heterocycles. The number of benzene rings is 4. The predicted molar refractivity (Wildman–Crippen MR) is 189 cm³/mol. The highest BCUT2D eigenvalue weighted by Gasteiger charge is 2.52. The van der Waals surface area contributed by atoms with Crippen molar-refractivity contribution >= 4 is 0 Å². The molecule has 10 atom stereocenters. The number of ether oxygens (including phenoxy) is 8. The maximum absolute atomic E-state index is 12.0. The first-order valence-corrected chi connectivity index (χ1v) is 17.6. The summed E-state index contributed by atoms with van der Waals surface area (Å²) in [5, 5.41) is 34.2. The molecule has 2 aliphatic rings. The summed E-state index contributed by atoms with van der Waals surface area (Å²) in [4.78, 5) is 0. The van der Waals surface area contributed by atoms with Crippen LogP contribution in [0.25, 0.3) is 0 Å². The molecule has 4 aromatic rings. The lowest BCUT2D eigenvalue weighted by atomic mass is 9.96. The summed E-state index contributed by atoms with van der Waals surface area (Å²) in [5.74, 6) is 0. The SMILES string of the molecule is CO[C@H]1OC(COCc2ccccc2)[C@@H](O[C@H]2OC(COCc3ccccc3)[C@@H](OCc3ccccc3)C(OCc3ccccc3)C2O)C(O)C1O. The van der Waals surface area contributed by atoms with Crippen molar-refractivity contribution in [1.29, 1.82) is 0 Å². The van der Waals surface area contributed by atoms with Gasteiger partial charge in [0.25, 0.3) is 0 Å². The van der Waals surface area contributed by atoms with Crippen LogP contribution >= 0.6 is 0 Å².